The van der Waals surface area contributed by atoms with Gasteiger partial charge in [-0.25, -0.2) is 0 Å². The molecule has 0 aliphatic heterocycles. The summed E-state index contributed by atoms with van der Waals surface area (Å²) in [6.07, 6.45) is 3.90. The average molecular weight is 307 g/mol. The third-order valence-electron chi connectivity index (χ3n) is 3.52. The lowest BCUT2D eigenvalue weighted by molar-refractivity contribution is -0.682. The predicted octanol–water partition coefficient (Wildman–Crippen LogP) is 3.16. The number of amides is 1. The van der Waals surface area contributed by atoms with Crippen molar-refractivity contribution in [2.45, 2.75) is 13.5 Å². The number of nitrogens with zero attached hydrogens (tertiary/aromatic N) is 1. The Morgan fingerprint density at radius 3 is 2.52 bits per heavy atom. The Balaban J connectivity index is 1.65. The van der Waals surface area contributed by atoms with Crippen LogP contribution in [0.15, 0.2) is 67.0 Å². The number of rotatable bonds is 5. The summed E-state index contributed by atoms with van der Waals surface area (Å²) in [4.78, 5) is 12.2. The number of nitrogens with one attached hydrogen (secondary N) is 1. The van der Waals surface area contributed by atoms with Crippen molar-refractivity contribution in [1.29, 1.82) is 0 Å². The van der Waals surface area contributed by atoms with E-state index in [1.165, 1.54) is 0 Å². The lowest BCUT2D eigenvalue weighted by atomic mass is 10.2. The van der Waals surface area contributed by atoms with E-state index in [4.69, 9.17) is 4.74 Å². The van der Waals surface area contributed by atoms with Gasteiger partial charge >= 0.3 is 0 Å². The number of carbonyl (C=O) groups is 1. The van der Waals surface area contributed by atoms with Crippen molar-refractivity contribution in [1.82, 2.24) is 0 Å². The Bertz CT molecular complexity index is 813. The predicted molar refractivity (Wildman–Crippen MR) is 90.4 cm³/mol. The van der Waals surface area contributed by atoms with Crippen LogP contribution in [0.25, 0.3) is 10.8 Å². The first-order valence-corrected chi connectivity index (χ1v) is 7.65. The zero-order chi connectivity index (χ0) is 16.1. The highest BCUT2D eigenvalue weighted by atomic mass is 16.5. The molecule has 1 amide bonds. The largest absolute Gasteiger partial charge is 0.494 e. The van der Waals surface area contributed by atoms with Gasteiger partial charge in [-0.15, -0.1) is 0 Å². The molecule has 0 atom stereocenters. The number of pyridine rings is 1. The van der Waals surface area contributed by atoms with Crippen LogP contribution in [0, 0.1) is 0 Å². The fraction of sp³-hybridized carbons (Fsp3) is 0.158. The molecule has 4 heteroatoms. The summed E-state index contributed by atoms with van der Waals surface area (Å²) in [6, 6.07) is 17.5. The van der Waals surface area contributed by atoms with E-state index in [1.54, 1.807) is 0 Å². The highest BCUT2D eigenvalue weighted by Crippen LogP contribution is 2.15. The lowest BCUT2D eigenvalue weighted by Crippen LogP contribution is -2.39. The number of aromatic nitrogens is 1. The Morgan fingerprint density at radius 2 is 1.78 bits per heavy atom. The minimum Gasteiger partial charge on any atom is -0.494 e. The summed E-state index contributed by atoms with van der Waals surface area (Å²) in [6.45, 7) is 2.85. The monoisotopic (exact) mass is 307 g/mol. The first-order valence-electron chi connectivity index (χ1n) is 7.65. The van der Waals surface area contributed by atoms with E-state index in [9.17, 15) is 4.79 Å². The molecule has 4 nitrogen and oxygen atoms in total. The van der Waals surface area contributed by atoms with Crippen LogP contribution in [0.2, 0.25) is 0 Å². The second-order valence-electron chi connectivity index (χ2n) is 5.25. The van der Waals surface area contributed by atoms with E-state index in [2.05, 4.69) is 11.4 Å². The van der Waals surface area contributed by atoms with Crippen LogP contribution in [0.1, 0.15) is 6.92 Å². The van der Waals surface area contributed by atoms with Gasteiger partial charge in [0.15, 0.2) is 12.4 Å². The van der Waals surface area contributed by atoms with Crippen LogP contribution in [0.3, 0.4) is 0 Å². The van der Waals surface area contributed by atoms with Crippen molar-refractivity contribution < 1.29 is 14.1 Å². The topological polar surface area (TPSA) is 42.2 Å². The van der Waals surface area contributed by atoms with Gasteiger partial charge in [0.1, 0.15) is 5.75 Å². The smallest absolute Gasteiger partial charge is 0.290 e. The second-order valence-corrected chi connectivity index (χ2v) is 5.25. The van der Waals surface area contributed by atoms with Gasteiger partial charge in [-0.05, 0) is 42.6 Å². The van der Waals surface area contributed by atoms with E-state index >= 15 is 0 Å². The third-order valence-corrected chi connectivity index (χ3v) is 3.52. The summed E-state index contributed by atoms with van der Waals surface area (Å²) < 4.78 is 7.27. The Kier molecular flexibility index (Phi) is 4.52. The van der Waals surface area contributed by atoms with E-state index in [0.29, 0.717) is 6.61 Å². The summed E-state index contributed by atoms with van der Waals surface area (Å²) in [5.41, 5.74) is 0.764. The van der Waals surface area contributed by atoms with Gasteiger partial charge < -0.3 is 10.1 Å². The third kappa shape index (κ3) is 3.86. The minimum atomic E-state index is -0.0607. The van der Waals surface area contributed by atoms with Gasteiger partial charge in [0.2, 0.25) is 6.54 Å². The van der Waals surface area contributed by atoms with Gasteiger partial charge in [-0.1, -0.05) is 18.2 Å². The molecule has 1 aromatic heterocycles. The van der Waals surface area contributed by atoms with Crippen LogP contribution in [0.4, 0.5) is 5.69 Å². The molecule has 0 fully saturated rings. The average Bonchev–Trinajstić information content (AvgIpc) is 2.57. The zero-order valence-electron chi connectivity index (χ0n) is 13.0. The molecule has 23 heavy (non-hydrogen) atoms. The molecule has 0 aliphatic carbocycles. The normalized spacial score (nSPS) is 10.5. The van der Waals surface area contributed by atoms with Crippen molar-refractivity contribution >= 4 is 22.4 Å². The van der Waals surface area contributed by atoms with Crippen LogP contribution in [-0.2, 0) is 11.3 Å². The molecule has 0 saturated heterocycles. The summed E-state index contributed by atoms with van der Waals surface area (Å²) in [7, 11) is 0. The second kappa shape index (κ2) is 6.92. The van der Waals surface area contributed by atoms with Crippen molar-refractivity contribution in [3.8, 4) is 5.75 Å². The van der Waals surface area contributed by atoms with Crippen LogP contribution in [-0.4, -0.2) is 12.5 Å². The first-order chi connectivity index (χ1) is 11.2. The van der Waals surface area contributed by atoms with Crippen LogP contribution in [0.5, 0.6) is 5.75 Å². The minimum absolute atomic E-state index is 0.0607. The quantitative estimate of drug-likeness (QED) is 0.736. The summed E-state index contributed by atoms with van der Waals surface area (Å²) in [5.74, 6) is 0.740. The fourth-order valence-electron chi connectivity index (χ4n) is 2.44. The standard InChI is InChI=1S/C19H18N2O2/c1-2-23-18-9-7-17(8-10-18)20-19(22)14-21-12-11-15-5-3-4-6-16(15)13-21/h3-13H,2,14H2,1H3/p+1. The molecule has 0 spiro atoms. The van der Waals surface area contributed by atoms with E-state index in [-0.39, 0.29) is 12.5 Å². The summed E-state index contributed by atoms with van der Waals surface area (Å²) in [5, 5.41) is 5.17. The maximum Gasteiger partial charge on any atom is 0.290 e. The van der Waals surface area contributed by atoms with Gasteiger partial charge in [0.25, 0.3) is 5.91 Å². The number of benzene rings is 2. The van der Waals surface area contributed by atoms with E-state index < -0.39 is 0 Å². The molecule has 2 aromatic carbocycles. The van der Waals surface area contributed by atoms with Crippen molar-refractivity contribution in [3.63, 3.8) is 0 Å². The van der Waals surface area contributed by atoms with Gasteiger partial charge in [-0.2, -0.15) is 4.57 Å². The SMILES string of the molecule is CCOc1ccc(NC(=O)C[n+]2ccc3ccccc3c2)cc1. The van der Waals surface area contributed by atoms with Gasteiger partial charge in [-0.3, -0.25) is 4.79 Å². The highest BCUT2D eigenvalue weighted by molar-refractivity contribution is 5.89. The highest BCUT2D eigenvalue weighted by Gasteiger charge is 2.10. The number of ether oxygens (including phenoxy) is 1. The van der Waals surface area contributed by atoms with Crippen LogP contribution < -0.4 is 14.6 Å². The fourth-order valence-corrected chi connectivity index (χ4v) is 2.44. The number of carbonyl (C=O) groups excluding carboxylic acids is 1. The lowest BCUT2D eigenvalue weighted by Gasteiger charge is -2.06. The molecular formula is C19H19N2O2+. The van der Waals surface area contributed by atoms with E-state index in [0.717, 1.165) is 22.2 Å². The molecule has 0 unspecified atom stereocenters. The van der Waals surface area contributed by atoms with Crippen molar-refractivity contribution in [2.75, 3.05) is 11.9 Å². The number of fused-ring (bicyclic) bond motifs is 1. The molecule has 1 N–H and O–H groups in total. The van der Waals surface area contributed by atoms with Crippen LogP contribution >= 0.6 is 0 Å². The Hall–Kier alpha value is -2.88. The summed E-state index contributed by atoms with van der Waals surface area (Å²) >= 11 is 0. The molecule has 1 heterocycles. The molecule has 0 bridgehead atoms. The molecule has 0 saturated carbocycles. The Morgan fingerprint density at radius 1 is 1.04 bits per heavy atom. The van der Waals surface area contributed by atoms with E-state index in [1.807, 2.05) is 72.4 Å². The van der Waals surface area contributed by atoms with Gasteiger partial charge in [0, 0.05) is 17.1 Å². The molecule has 0 radical (unpaired) electrons. The van der Waals surface area contributed by atoms with Crippen molar-refractivity contribution in [2.24, 2.45) is 0 Å². The number of hydrogen-bond donors (Lipinski definition) is 1. The number of hydrogen-bond acceptors (Lipinski definition) is 2. The molecule has 3 rings (SSSR count). The zero-order valence-corrected chi connectivity index (χ0v) is 13.0. The molecular weight excluding hydrogens is 288 g/mol. The molecule has 116 valence electrons. The maximum absolute atomic E-state index is 12.2. The first kappa shape index (κ1) is 15.0. The van der Waals surface area contributed by atoms with Crippen molar-refractivity contribution in [3.05, 3.63) is 67.0 Å². The van der Waals surface area contributed by atoms with Gasteiger partial charge in [0.05, 0.1) is 6.61 Å². The maximum atomic E-state index is 12.2. The molecule has 0 aliphatic rings. The molecule has 3 aromatic rings. The number of anilines is 1. The Labute approximate surface area is 135 Å².